The zero-order valence-corrected chi connectivity index (χ0v) is 10.8. The quantitative estimate of drug-likeness (QED) is 0.830. The van der Waals surface area contributed by atoms with Gasteiger partial charge in [-0.05, 0) is 38.7 Å². The smallest absolute Gasteiger partial charge is 0.134 e. The molecule has 1 aromatic carbocycles. The molecule has 0 aromatic heterocycles. The number of halogens is 1. The fourth-order valence-electron chi connectivity index (χ4n) is 1.27. The van der Waals surface area contributed by atoms with E-state index in [1.165, 1.54) is 0 Å². The van der Waals surface area contributed by atoms with E-state index in [1.54, 1.807) is 12.1 Å². The molecule has 0 saturated heterocycles. The molecule has 1 aromatic rings. The zero-order valence-electron chi connectivity index (χ0n) is 10.00. The summed E-state index contributed by atoms with van der Waals surface area (Å²) in [5.41, 5.74) is 1.08. The maximum absolute atomic E-state index is 9.27. The van der Waals surface area contributed by atoms with Gasteiger partial charge in [-0.25, -0.2) is 0 Å². The molecule has 2 N–H and O–H groups in total. The van der Waals surface area contributed by atoms with Gasteiger partial charge >= 0.3 is 0 Å². The summed E-state index contributed by atoms with van der Waals surface area (Å²) in [5, 5.41) is 13.0. The van der Waals surface area contributed by atoms with E-state index in [2.05, 4.69) is 31.2 Å². The fourth-order valence-corrected chi connectivity index (χ4v) is 1.47. The fraction of sp³-hybridized carbons (Fsp3) is 0.500. The Kier molecular flexibility index (Phi) is 5.06. The van der Waals surface area contributed by atoms with Crippen molar-refractivity contribution < 1.29 is 5.11 Å². The number of phenols is 1. The summed E-state index contributed by atoms with van der Waals surface area (Å²) in [4.78, 5) is 2.16. The van der Waals surface area contributed by atoms with Gasteiger partial charge in [0.1, 0.15) is 5.75 Å². The first kappa shape index (κ1) is 13.3. The van der Waals surface area contributed by atoms with Gasteiger partial charge in [0.25, 0.3) is 0 Å². The van der Waals surface area contributed by atoms with Crippen LogP contribution in [0.4, 0.5) is 0 Å². The van der Waals surface area contributed by atoms with E-state index in [0.29, 0.717) is 11.1 Å². The topological polar surface area (TPSA) is 35.5 Å². The lowest BCUT2D eigenvalue weighted by Gasteiger charge is -2.20. The van der Waals surface area contributed by atoms with Crippen molar-refractivity contribution in [3.63, 3.8) is 0 Å². The van der Waals surface area contributed by atoms with Crippen LogP contribution in [0.3, 0.4) is 0 Å². The summed E-state index contributed by atoms with van der Waals surface area (Å²) in [6.45, 7) is 3.85. The molecule has 0 aliphatic heterocycles. The molecule has 1 rings (SSSR count). The lowest BCUT2D eigenvalue weighted by molar-refractivity contribution is 0.302. The van der Waals surface area contributed by atoms with Crippen LogP contribution in [-0.2, 0) is 6.54 Å². The molecule has 1 atom stereocenters. The number of nitrogens with one attached hydrogen (secondary N) is 1. The van der Waals surface area contributed by atoms with Crippen LogP contribution in [0.2, 0.25) is 5.02 Å². The zero-order chi connectivity index (χ0) is 12.1. The maximum atomic E-state index is 9.27. The molecular weight excluding hydrogens is 224 g/mol. The highest BCUT2D eigenvalue weighted by atomic mass is 35.5. The molecule has 0 radical (unpaired) electrons. The number of nitrogens with zero attached hydrogens (tertiary/aromatic N) is 1. The molecule has 0 heterocycles. The SMILES string of the molecule is CC(CNCc1ccc(O)c(Cl)c1)N(C)C. The van der Waals surface area contributed by atoms with Gasteiger partial charge in [-0.1, -0.05) is 17.7 Å². The average molecular weight is 243 g/mol. The van der Waals surface area contributed by atoms with Crippen LogP contribution in [0.25, 0.3) is 0 Å². The van der Waals surface area contributed by atoms with Crippen LogP contribution in [0, 0.1) is 0 Å². The van der Waals surface area contributed by atoms with Crippen LogP contribution >= 0.6 is 11.6 Å². The lowest BCUT2D eigenvalue weighted by Crippen LogP contribution is -2.35. The molecule has 90 valence electrons. The van der Waals surface area contributed by atoms with Crippen LogP contribution in [-0.4, -0.2) is 36.7 Å². The summed E-state index contributed by atoms with van der Waals surface area (Å²) in [5.74, 6) is 0.132. The highest BCUT2D eigenvalue weighted by Crippen LogP contribution is 2.23. The van der Waals surface area contributed by atoms with Crippen LogP contribution in [0.1, 0.15) is 12.5 Å². The van der Waals surface area contributed by atoms with Crippen molar-refractivity contribution in [2.45, 2.75) is 19.5 Å². The van der Waals surface area contributed by atoms with Gasteiger partial charge < -0.3 is 15.3 Å². The Morgan fingerprint density at radius 2 is 2.12 bits per heavy atom. The first-order valence-electron chi connectivity index (χ1n) is 5.35. The Bertz CT molecular complexity index is 342. The molecule has 4 heteroatoms. The largest absolute Gasteiger partial charge is 0.506 e. The third kappa shape index (κ3) is 4.00. The molecular formula is C12H19ClN2O. The Morgan fingerprint density at radius 3 is 2.69 bits per heavy atom. The van der Waals surface area contributed by atoms with Crippen molar-refractivity contribution in [3.8, 4) is 5.75 Å². The summed E-state index contributed by atoms with van der Waals surface area (Å²) in [6.07, 6.45) is 0. The van der Waals surface area contributed by atoms with Crippen molar-refractivity contribution in [1.82, 2.24) is 10.2 Å². The van der Waals surface area contributed by atoms with Gasteiger partial charge in [-0.3, -0.25) is 0 Å². The van der Waals surface area contributed by atoms with E-state index < -0.39 is 0 Å². The van der Waals surface area contributed by atoms with Gasteiger partial charge in [-0.2, -0.15) is 0 Å². The van der Waals surface area contributed by atoms with E-state index in [9.17, 15) is 5.11 Å². The standard InChI is InChI=1S/C12H19ClN2O/c1-9(15(2)3)7-14-8-10-4-5-12(16)11(13)6-10/h4-6,9,14,16H,7-8H2,1-3H3. The molecule has 0 spiro atoms. The van der Waals surface area contributed by atoms with Gasteiger partial charge in [0.2, 0.25) is 0 Å². The number of rotatable bonds is 5. The average Bonchev–Trinajstić information content (AvgIpc) is 2.23. The van der Waals surface area contributed by atoms with Gasteiger partial charge in [0.05, 0.1) is 5.02 Å². The molecule has 0 fully saturated rings. The third-order valence-corrected chi connectivity index (χ3v) is 2.97. The van der Waals surface area contributed by atoms with E-state index in [4.69, 9.17) is 11.6 Å². The predicted molar refractivity (Wildman–Crippen MR) is 68.0 cm³/mol. The highest BCUT2D eigenvalue weighted by Gasteiger charge is 2.04. The number of hydrogen-bond donors (Lipinski definition) is 2. The summed E-state index contributed by atoms with van der Waals surface area (Å²) < 4.78 is 0. The summed E-state index contributed by atoms with van der Waals surface area (Å²) >= 11 is 5.82. The Labute approximate surface area is 102 Å². The first-order valence-corrected chi connectivity index (χ1v) is 5.73. The number of aromatic hydroxyl groups is 1. The Hall–Kier alpha value is -0.770. The van der Waals surface area contributed by atoms with Gasteiger partial charge in [-0.15, -0.1) is 0 Å². The lowest BCUT2D eigenvalue weighted by atomic mass is 10.2. The van der Waals surface area contributed by atoms with E-state index in [-0.39, 0.29) is 5.75 Å². The second kappa shape index (κ2) is 6.09. The second-order valence-corrected chi connectivity index (χ2v) is 4.64. The van der Waals surface area contributed by atoms with Crippen molar-refractivity contribution in [2.24, 2.45) is 0 Å². The summed E-state index contributed by atoms with van der Waals surface area (Å²) in [7, 11) is 4.12. The van der Waals surface area contributed by atoms with Crippen LogP contribution in [0.5, 0.6) is 5.75 Å². The minimum atomic E-state index is 0.132. The molecule has 0 aliphatic rings. The Morgan fingerprint density at radius 1 is 1.44 bits per heavy atom. The van der Waals surface area contributed by atoms with Crippen molar-refractivity contribution in [2.75, 3.05) is 20.6 Å². The molecule has 16 heavy (non-hydrogen) atoms. The molecule has 1 unspecified atom stereocenters. The normalized spacial score (nSPS) is 13.1. The van der Waals surface area contributed by atoms with Crippen molar-refractivity contribution in [3.05, 3.63) is 28.8 Å². The Balaban J connectivity index is 2.40. The number of benzene rings is 1. The number of likely N-dealkylation sites (N-methyl/N-ethyl adjacent to an activating group) is 1. The van der Waals surface area contributed by atoms with Gasteiger partial charge in [0.15, 0.2) is 0 Å². The molecule has 0 aliphatic carbocycles. The van der Waals surface area contributed by atoms with Crippen LogP contribution in [0.15, 0.2) is 18.2 Å². The van der Waals surface area contributed by atoms with E-state index in [0.717, 1.165) is 18.7 Å². The van der Waals surface area contributed by atoms with E-state index in [1.807, 2.05) is 6.07 Å². The third-order valence-electron chi connectivity index (χ3n) is 2.66. The molecule has 0 bridgehead atoms. The van der Waals surface area contributed by atoms with Crippen LogP contribution < -0.4 is 5.32 Å². The number of hydrogen-bond acceptors (Lipinski definition) is 3. The maximum Gasteiger partial charge on any atom is 0.134 e. The van der Waals surface area contributed by atoms with E-state index >= 15 is 0 Å². The molecule has 3 nitrogen and oxygen atoms in total. The molecule has 0 amide bonds. The van der Waals surface area contributed by atoms with Crippen molar-refractivity contribution >= 4 is 11.6 Å². The van der Waals surface area contributed by atoms with Gasteiger partial charge in [0, 0.05) is 19.1 Å². The highest BCUT2D eigenvalue weighted by molar-refractivity contribution is 6.32. The minimum absolute atomic E-state index is 0.132. The first-order chi connectivity index (χ1) is 7.50. The summed E-state index contributed by atoms with van der Waals surface area (Å²) in [6, 6.07) is 5.76. The second-order valence-electron chi connectivity index (χ2n) is 4.23. The monoisotopic (exact) mass is 242 g/mol. The molecule has 0 saturated carbocycles. The van der Waals surface area contributed by atoms with Crippen molar-refractivity contribution in [1.29, 1.82) is 0 Å². The number of phenolic OH excluding ortho intramolecular Hbond substituents is 1. The predicted octanol–water partition coefficient (Wildman–Crippen LogP) is 2.09. The minimum Gasteiger partial charge on any atom is -0.506 e.